The monoisotopic (exact) mass is 414 g/mol. The molecule has 0 N–H and O–H groups in total. The van der Waals surface area contributed by atoms with Crippen LogP contribution in [0.15, 0.2) is 72.8 Å². The Morgan fingerprint density at radius 2 is 1.71 bits per heavy atom. The van der Waals surface area contributed by atoms with Crippen molar-refractivity contribution in [3.63, 3.8) is 0 Å². The summed E-state index contributed by atoms with van der Waals surface area (Å²) in [5.74, 6) is 1.91. The second kappa shape index (κ2) is 9.03. The largest absolute Gasteiger partial charge is 0.497 e. The first-order valence-electron chi connectivity index (χ1n) is 11.3. The predicted octanol–water partition coefficient (Wildman–Crippen LogP) is 5.43. The zero-order valence-electron chi connectivity index (χ0n) is 18.2. The molecule has 2 heterocycles. The second-order valence-corrected chi connectivity index (χ2v) is 8.45. The van der Waals surface area contributed by atoms with Crippen molar-refractivity contribution in [3.8, 4) is 11.5 Å². The minimum absolute atomic E-state index is 0.463. The van der Waals surface area contributed by atoms with Gasteiger partial charge in [0.1, 0.15) is 18.1 Å². The van der Waals surface area contributed by atoms with E-state index in [1.165, 1.54) is 35.3 Å². The van der Waals surface area contributed by atoms with E-state index < -0.39 is 0 Å². The molecule has 0 bridgehead atoms. The number of ether oxygens (including phenoxy) is 2. The molecule has 3 aromatic carbocycles. The Kier molecular flexibility index (Phi) is 5.81. The summed E-state index contributed by atoms with van der Waals surface area (Å²) in [6.07, 6.45) is 3.45. The van der Waals surface area contributed by atoms with Crippen molar-refractivity contribution in [2.75, 3.05) is 31.6 Å². The molecule has 1 unspecified atom stereocenters. The summed E-state index contributed by atoms with van der Waals surface area (Å²) in [6.45, 7) is 4.00. The molecular formula is C27H30N2O2. The molecule has 0 radical (unpaired) electrons. The van der Waals surface area contributed by atoms with Gasteiger partial charge in [0.2, 0.25) is 0 Å². The molecule has 160 valence electrons. The first-order valence-corrected chi connectivity index (χ1v) is 11.3. The quantitative estimate of drug-likeness (QED) is 0.537. The lowest BCUT2D eigenvalue weighted by Crippen LogP contribution is -2.34. The van der Waals surface area contributed by atoms with E-state index in [0.717, 1.165) is 37.6 Å². The van der Waals surface area contributed by atoms with E-state index in [9.17, 15) is 0 Å². The van der Waals surface area contributed by atoms with Gasteiger partial charge in [-0.25, -0.2) is 0 Å². The van der Waals surface area contributed by atoms with Crippen LogP contribution in [0.1, 0.15) is 24.0 Å². The highest BCUT2D eigenvalue weighted by Crippen LogP contribution is 2.42. The Balaban J connectivity index is 1.27. The fraction of sp³-hybridized carbons (Fsp3) is 0.333. The topological polar surface area (TPSA) is 24.9 Å². The van der Waals surface area contributed by atoms with Crippen molar-refractivity contribution in [2.24, 2.45) is 0 Å². The van der Waals surface area contributed by atoms with Crippen LogP contribution < -0.4 is 14.4 Å². The van der Waals surface area contributed by atoms with E-state index in [-0.39, 0.29) is 0 Å². The fourth-order valence-electron chi connectivity index (χ4n) is 4.85. The van der Waals surface area contributed by atoms with Gasteiger partial charge in [-0.05, 0) is 61.7 Å². The first kappa shape index (κ1) is 20.0. The molecular weight excluding hydrogens is 384 g/mol. The maximum Gasteiger partial charge on any atom is 0.143 e. The van der Waals surface area contributed by atoms with E-state index in [2.05, 4.69) is 82.6 Å². The van der Waals surface area contributed by atoms with Crippen LogP contribution in [0.3, 0.4) is 0 Å². The highest BCUT2D eigenvalue weighted by Gasteiger charge is 2.32. The maximum atomic E-state index is 6.16. The van der Waals surface area contributed by atoms with Crippen molar-refractivity contribution in [1.82, 2.24) is 4.90 Å². The number of rotatable bonds is 6. The lowest BCUT2D eigenvalue weighted by atomic mass is 10.1. The summed E-state index contributed by atoms with van der Waals surface area (Å²) in [7, 11) is 1.71. The highest BCUT2D eigenvalue weighted by molar-refractivity contribution is 5.73. The first-order chi connectivity index (χ1) is 15.3. The van der Waals surface area contributed by atoms with Crippen LogP contribution in [0.4, 0.5) is 11.4 Å². The lowest BCUT2D eigenvalue weighted by molar-refractivity contribution is 0.310. The van der Waals surface area contributed by atoms with Gasteiger partial charge in [-0.3, -0.25) is 0 Å². The number of para-hydroxylation sites is 3. The smallest absolute Gasteiger partial charge is 0.143 e. The normalized spacial score (nSPS) is 18.1. The molecule has 5 rings (SSSR count). The summed E-state index contributed by atoms with van der Waals surface area (Å²) < 4.78 is 11.4. The zero-order chi connectivity index (χ0) is 21.0. The number of hydrogen-bond donors (Lipinski definition) is 0. The number of anilines is 2. The zero-order valence-corrected chi connectivity index (χ0v) is 18.2. The third-order valence-electron chi connectivity index (χ3n) is 6.47. The van der Waals surface area contributed by atoms with E-state index >= 15 is 0 Å². The van der Waals surface area contributed by atoms with Gasteiger partial charge in [0.25, 0.3) is 0 Å². The van der Waals surface area contributed by atoms with Gasteiger partial charge in [0.15, 0.2) is 0 Å². The molecule has 4 heteroatoms. The predicted molar refractivity (Wildman–Crippen MR) is 126 cm³/mol. The molecule has 4 nitrogen and oxygen atoms in total. The molecule has 2 aliphatic rings. The van der Waals surface area contributed by atoms with Crippen molar-refractivity contribution in [3.05, 3.63) is 83.9 Å². The second-order valence-electron chi connectivity index (χ2n) is 8.45. The number of fused-ring (bicyclic) bond motifs is 2. The molecule has 0 spiro atoms. The van der Waals surface area contributed by atoms with Crippen LogP contribution in [0.25, 0.3) is 0 Å². The van der Waals surface area contributed by atoms with Gasteiger partial charge in [-0.15, -0.1) is 0 Å². The van der Waals surface area contributed by atoms with Crippen molar-refractivity contribution in [1.29, 1.82) is 0 Å². The van der Waals surface area contributed by atoms with Crippen LogP contribution >= 0.6 is 0 Å². The van der Waals surface area contributed by atoms with Crippen LogP contribution in [-0.2, 0) is 13.0 Å². The highest BCUT2D eigenvalue weighted by atomic mass is 16.5. The Labute approximate surface area is 185 Å². The van der Waals surface area contributed by atoms with Crippen molar-refractivity contribution < 1.29 is 9.47 Å². The summed E-state index contributed by atoms with van der Waals surface area (Å²) >= 11 is 0. The van der Waals surface area contributed by atoms with Crippen molar-refractivity contribution >= 4 is 11.4 Å². The van der Waals surface area contributed by atoms with Crippen LogP contribution in [0.2, 0.25) is 0 Å². The molecule has 0 aromatic heterocycles. The number of benzene rings is 3. The molecule has 3 aromatic rings. The van der Waals surface area contributed by atoms with Crippen molar-refractivity contribution in [2.45, 2.75) is 31.9 Å². The van der Waals surface area contributed by atoms with E-state index in [4.69, 9.17) is 9.47 Å². The average molecular weight is 415 g/mol. The Morgan fingerprint density at radius 1 is 0.935 bits per heavy atom. The summed E-state index contributed by atoms with van der Waals surface area (Å²) in [4.78, 5) is 5.15. The minimum atomic E-state index is 0.463. The van der Waals surface area contributed by atoms with Gasteiger partial charge in [-0.2, -0.15) is 0 Å². The van der Waals surface area contributed by atoms with E-state index in [1.807, 2.05) is 0 Å². The third kappa shape index (κ3) is 4.26. The summed E-state index contributed by atoms with van der Waals surface area (Å²) in [5.41, 5.74) is 5.12. The maximum absolute atomic E-state index is 6.16. The molecule has 1 fully saturated rings. The molecule has 2 aliphatic heterocycles. The number of aryl methyl sites for hydroxylation is 1. The number of hydrogen-bond acceptors (Lipinski definition) is 4. The van der Waals surface area contributed by atoms with Crippen LogP contribution in [0, 0.1) is 0 Å². The molecule has 0 amide bonds. The molecule has 1 saturated heterocycles. The Morgan fingerprint density at radius 3 is 2.55 bits per heavy atom. The summed E-state index contributed by atoms with van der Waals surface area (Å²) in [6, 6.07) is 26.1. The minimum Gasteiger partial charge on any atom is -0.497 e. The van der Waals surface area contributed by atoms with E-state index in [1.54, 1.807) is 7.11 Å². The van der Waals surface area contributed by atoms with Gasteiger partial charge >= 0.3 is 0 Å². The molecule has 0 aliphatic carbocycles. The van der Waals surface area contributed by atoms with Crippen LogP contribution in [-0.4, -0.2) is 37.7 Å². The van der Waals surface area contributed by atoms with Gasteiger partial charge in [0.05, 0.1) is 12.8 Å². The Hall–Kier alpha value is -2.98. The molecule has 31 heavy (non-hydrogen) atoms. The van der Waals surface area contributed by atoms with E-state index in [0.29, 0.717) is 12.6 Å². The standard InChI is InChI=1S/C27H30N2O2/c1-30-24-14-12-21(13-15-24)7-6-17-28-18-16-23(19-28)29-25-9-3-2-8-22(25)20-31-27-11-5-4-10-26(27)29/h2-5,8-15,23H,6-7,16-20H2,1H3. The van der Waals surface area contributed by atoms with Gasteiger partial charge in [0, 0.05) is 30.4 Å². The fourth-order valence-corrected chi connectivity index (χ4v) is 4.85. The Bertz CT molecular complexity index is 970. The molecule has 0 saturated carbocycles. The van der Waals surface area contributed by atoms with Gasteiger partial charge in [-0.1, -0.05) is 42.5 Å². The number of nitrogens with zero attached hydrogens (tertiary/aromatic N) is 2. The average Bonchev–Trinajstić information content (AvgIpc) is 3.21. The number of likely N-dealkylation sites (tertiary alicyclic amines) is 1. The van der Waals surface area contributed by atoms with Gasteiger partial charge < -0.3 is 19.3 Å². The summed E-state index contributed by atoms with van der Waals surface area (Å²) in [5, 5.41) is 0. The lowest BCUT2D eigenvalue weighted by Gasteiger charge is -2.32. The van der Waals surface area contributed by atoms with Crippen LogP contribution in [0.5, 0.6) is 11.5 Å². The molecule has 1 atom stereocenters. The SMILES string of the molecule is COc1ccc(CCCN2CCC(N3c4ccccc4COc4ccccc43)C2)cc1. The third-order valence-corrected chi connectivity index (χ3v) is 6.47. The number of methoxy groups -OCH3 is 1.